The minimum absolute atomic E-state index is 0.1000. The number of hydrogen-bond donors (Lipinski definition) is 1. The van der Waals surface area contributed by atoms with Gasteiger partial charge in [-0.2, -0.15) is 0 Å². The minimum atomic E-state index is -0.837. The fourth-order valence-electron chi connectivity index (χ4n) is 2.57. The third-order valence-electron chi connectivity index (χ3n) is 3.64. The number of hydrogen-bond acceptors (Lipinski definition) is 4. The molecule has 1 aliphatic rings. The van der Waals surface area contributed by atoms with Gasteiger partial charge in [-0.15, -0.1) is 0 Å². The number of halogens is 1. The van der Waals surface area contributed by atoms with Gasteiger partial charge in [0.2, 0.25) is 0 Å². The van der Waals surface area contributed by atoms with Gasteiger partial charge in [-0.05, 0) is 18.4 Å². The van der Waals surface area contributed by atoms with Gasteiger partial charge >= 0.3 is 17.1 Å². The molecule has 2 aromatic rings. The van der Waals surface area contributed by atoms with Crippen LogP contribution in [0.3, 0.4) is 0 Å². The summed E-state index contributed by atoms with van der Waals surface area (Å²) in [5.74, 6) is -0.536. The monoisotopic (exact) mass is 320 g/mol. The molecule has 2 heterocycles. The first-order valence-electron chi connectivity index (χ1n) is 6.81. The van der Waals surface area contributed by atoms with Gasteiger partial charge in [0.1, 0.15) is 17.8 Å². The number of nitrogens with one attached hydrogen (secondary N) is 1. The van der Waals surface area contributed by atoms with Crippen molar-refractivity contribution < 1.29 is 9.53 Å². The van der Waals surface area contributed by atoms with Crippen LogP contribution in [-0.4, -0.2) is 15.5 Å². The van der Waals surface area contributed by atoms with Gasteiger partial charge in [0, 0.05) is 0 Å². The highest BCUT2D eigenvalue weighted by atomic mass is 35.5. The molecule has 1 aliphatic heterocycles. The number of ether oxygens (including phenoxy) is 1. The third-order valence-corrected chi connectivity index (χ3v) is 3.96. The first-order valence-corrected chi connectivity index (χ1v) is 7.19. The lowest BCUT2D eigenvalue weighted by Gasteiger charge is -2.13. The van der Waals surface area contributed by atoms with Crippen molar-refractivity contribution in [1.82, 2.24) is 9.55 Å². The Morgan fingerprint density at radius 1 is 1.32 bits per heavy atom. The Balaban J connectivity index is 1.83. The Morgan fingerprint density at radius 2 is 2.05 bits per heavy atom. The molecule has 22 heavy (non-hydrogen) atoms. The minimum Gasteiger partial charge on any atom is -0.459 e. The summed E-state index contributed by atoms with van der Waals surface area (Å²) in [4.78, 5) is 38.0. The van der Waals surface area contributed by atoms with Gasteiger partial charge < -0.3 is 9.72 Å². The Kier molecular flexibility index (Phi) is 3.85. The van der Waals surface area contributed by atoms with Crippen molar-refractivity contribution >= 4 is 17.6 Å². The lowest BCUT2D eigenvalue weighted by Crippen LogP contribution is -2.39. The molecular formula is C15H13ClN2O4. The van der Waals surface area contributed by atoms with E-state index in [1.165, 1.54) is 0 Å². The number of fused-ring (bicyclic) bond motifs is 1. The van der Waals surface area contributed by atoms with Gasteiger partial charge in [-0.3, -0.25) is 14.2 Å². The standard InChI is InChI=1S/C15H13ClN2O4/c16-12-10-6-7-11(18(10)14(20)13(19)17-12)15(21)22-8-9-4-2-1-3-5-9/h1-5,11H,6-8H2,(H,17,19). The van der Waals surface area contributed by atoms with E-state index >= 15 is 0 Å². The van der Waals surface area contributed by atoms with E-state index in [1.54, 1.807) is 0 Å². The van der Waals surface area contributed by atoms with Crippen LogP contribution in [-0.2, 0) is 22.6 Å². The molecule has 0 aliphatic carbocycles. The number of rotatable bonds is 3. The number of nitrogens with zero attached hydrogens (tertiary/aromatic N) is 1. The fourth-order valence-corrected chi connectivity index (χ4v) is 2.84. The average molecular weight is 321 g/mol. The molecule has 0 fully saturated rings. The van der Waals surface area contributed by atoms with E-state index in [9.17, 15) is 14.4 Å². The van der Waals surface area contributed by atoms with Gasteiger partial charge in [-0.1, -0.05) is 41.9 Å². The highest BCUT2D eigenvalue weighted by molar-refractivity contribution is 6.30. The van der Waals surface area contributed by atoms with E-state index in [-0.39, 0.29) is 11.8 Å². The van der Waals surface area contributed by atoms with E-state index in [0.29, 0.717) is 18.5 Å². The van der Waals surface area contributed by atoms with Crippen LogP contribution in [0.25, 0.3) is 0 Å². The number of benzene rings is 1. The van der Waals surface area contributed by atoms with Crippen molar-refractivity contribution in [2.24, 2.45) is 0 Å². The summed E-state index contributed by atoms with van der Waals surface area (Å²) in [6, 6.07) is 8.43. The summed E-state index contributed by atoms with van der Waals surface area (Å²) in [7, 11) is 0. The van der Waals surface area contributed by atoms with Gasteiger partial charge in [0.25, 0.3) is 0 Å². The smallest absolute Gasteiger partial charge is 0.329 e. The third kappa shape index (κ3) is 2.57. The number of esters is 1. The Labute approximate surface area is 130 Å². The molecule has 3 rings (SSSR count). The van der Waals surface area contributed by atoms with Crippen LogP contribution in [0.15, 0.2) is 39.9 Å². The molecule has 0 bridgehead atoms. The second kappa shape index (κ2) is 5.81. The van der Waals surface area contributed by atoms with E-state index in [0.717, 1.165) is 10.1 Å². The molecule has 1 unspecified atom stereocenters. The quantitative estimate of drug-likeness (QED) is 0.685. The Hall–Kier alpha value is -2.34. The summed E-state index contributed by atoms with van der Waals surface area (Å²) in [6.07, 6.45) is 0.829. The zero-order chi connectivity index (χ0) is 15.7. The van der Waals surface area contributed by atoms with Crippen molar-refractivity contribution in [3.63, 3.8) is 0 Å². The maximum Gasteiger partial charge on any atom is 0.329 e. The van der Waals surface area contributed by atoms with Crippen LogP contribution in [0, 0.1) is 0 Å². The molecule has 0 saturated carbocycles. The molecule has 0 radical (unpaired) electrons. The highest BCUT2D eigenvalue weighted by Crippen LogP contribution is 2.27. The maximum atomic E-state index is 12.2. The van der Waals surface area contributed by atoms with E-state index < -0.39 is 23.1 Å². The fraction of sp³-hybridized carbons (Fsp3) is 0.267. The van der Waals surface area contributed by atoms with E-state index in [2.05, 4.69) is 4.98 Å². The van der Waals surface area contributed by atoms with Gasteiger partial charge in [0.15, 0.2) is 0 Å². The molecular weight excluding hydrogens is 308 g/mol. The van der Waals surface area contributed by atoms with Crippen molar-refractivity contribution in [1.29, 1.82) is 0 Å². The molecule has 1 atom stereocenters. The molecule has 114 valence electrons. The summed E-state index contributed by atoms with van der Waals surface area (Å²) < 4.78 is 6.40. The van der Waals surface area contributed by atoms with Crippen LogP contribution < -0.4 is 11.1 Å². The molecule has 0 saturated heterocycles. The van der Waals surface area contributed by atoms with Crippen molar-refractivity contribution in [3.05, 3.63) is 67.4 Å². The van der Waals surface area contributed by atoms with Crippen LogP contribution in [0.2, 0.25) is 5.15 Å². The molecule has 1 N–H and O–H groups in total. The Bertz CT molecular complexity index is 826. The molecule has 0 spiro atoms. The van der Waals surface area contributed by atoms with Crippen LogP contribution in [0.4, 0.5) is 0 Å². The first kappa shape index (κ1) is 14.6. The predicted octanol–water partition coefficient (Wildman–Crippen LogP) is 1.42. The predicted molar refractivity (Wildman–Crippen MR) is 79.9 cm³/mol. The van der Waals surface area contributed by atoms with Gasteiger partial charge in [0.05, 0.1) is 5.69 Å². The first-order chi connectivity index (χ1) is 10.6. The van der Waals surface area contributed by atoms with Crippen LogP contribution >= 0.6 is 11.6 Å². The molecule has 1 aromatic carbocycles. The lowest BCUT2D eigenvalue weighted by molar-refractivity contribution is -0.148. The summed E-state index contributed by atoms with van der Waals surface area (Å²) in [6.45, 7) is 0.122. The van der Waals surface area contributed by atoms with E-state index in [4.69, 9.17) is 16.3 Å². The average Bonchev–Trinajstić information content (AvgIpc) is 2.97. The summed E-state index contributed by atoms with van der Waals surface area (Å²) >= 11 is 5.92. The summed E-state index contributed by atoms with van der Waals surface area (Å²) in [5, 5.41) is 0.1000. The SMILES string of the molecule is O=C(OCc1ccccc1)C1CCc2c(Cl)[nH]c(=O)c(=O)n21. The van der Waals surface area contributed by atoms with Crippen molar-refractivity contribution in [2.45, 2.75) is 25.5 Å². The maximum absolute atomic E-state index is 12.2. The van der Waals surface area contributed by atoms with Crippen LogP contribution in [0.5, 0.6) is 0 Å². The van der Waals surface area contributed by atoms with E-state index in [1.807, 2.05) is 30.3 Å². The second-order valence-corrected chi connectivity index (χ2v) is 5.42. The molecule has 0 amide bonds. The largest absolute Gasteiger partial charge is 0.459 e. The zero-order valence-electron chi connectivity index (χ0n) is 11.5. The molecule has 7 heteroatoms. The number of H-pyrrole nitrogens is 1. The highest BCUT2D eigenvalue weighted by Gasteiger charge is 2.33. The van der Waals surface area contributed by atoms with Crippen LogP contribution in [0.1, 0.15) is 23.7 Å². The lowest BCUT2D eigenvalue weighted by atomic mass is 10.2. The van der Waals surface area contributed by atoms with Crippen molar-refractivity contribution in [2.75, 3.05) is 0 Å². The topological polar surface area (TPSA) is 81.2 Å². The summed E-state index contributed by atoms with van der Waals surface area (Å²) in [5.41, 5.74) is -0.298. The second-order valence-electron chi connectivity index (χ2n) is 5.04. The number of aromatic amines is 1. The number of carbonyl (C=O) groups excluding carboxylic acids is 1. The van der Waals surface area contributed by atoms with Crippen molar-refractivity contribution in [3.8, 4) is 0 Å². The normalized spacial score (nSPS) is 16.3. The van der Waals surface area contributed by atoms with Gasteiger partial charge in [-0.25, -0.2) is 4.79 Å². The number of carbonyl (C=O) groups is 1. The number of aromatic nitrogens is 2. The molecule has 6 nitrogen and oxygen atoms in total. The Morgan fingerprint density at radius 3 is 2.77 bits per heavy atom. The molecule has 1 aromatic heterocycles. The zero-order valence-corrected chi connectivity index (χ0v) is 12.3.